The molecule has 0 aromatic heterocycles. The number of carbonyl (C=O) groups excluding carboxylic acids is 13. The Kier molecular flexibility index (Phi) is 39.2. The Labute approximate surface area is 654 Å². The minimum absolute atomic E-state index is 0.0471. The summed E-state index contributed by atoms with van der Waals surface area (Å²) in [6.45, 7) is 20.5. The molecule has 0 radical (unpaired) electrons. The van der Waals surface area contributed by atoms with Crippen molar-refractivity contribution < 1.29 is 148 Å². The van der Waals surface area contributed by atoms with E-state index in [1.165, 1.54) is 4.90 Å². The van der Waals surface area contributed by atoms with Crippen molar-refractivity contribution in [2.75, 3.05) is 120 Å². The number of nitrogens with zero attached hydrogens (tertiary/aromatic N) is 3. The van der Waals surface area contributed by atoms with Crippen molar-refractivity contribution >= 4 is 90.1 Å². The standard InChI is InChI=1S/C71H109N11O31/c1-18-27-98-31-33-100-35-36-101-34-32-99-28-22-51(87)82(26-21-50(86)73-24-30-103-55(48-40-105-67(95)109-48)57-53(75-42(3)84)44(38-46(107-57)59(89)97-17)77-61(80-64(92)112-70(10,11)12)81-65(93)113-71(13,14)15)25-19-20-49(85)72-23-29-102-54(47-39-104-66(94)108-47)56-52(74-41(2)83)43(37-45(106-56)58(88)96-16)76-60(78-62(90)110-68(4,5)6)79-63(91)111-69(7,8)9/h1,37-38,43-44,47-48,52-57H,19-36,39-40H2,2-17H3,(H,72,85)(H,73,86)(H,74,83)(H,75,84)(H2,76,78,79,90,91)(H2,77,80,81,92,93)/t43-,44-,47+,48+,52+,53+,54+,55+,56+,57+/m0/s1. The number of guanidine groups is 2. The average molecular weight is 1610 g/mol. The van der Waals surface area contributed by atoms with Crippen LogP contribution in [-0.2, 0) is 119 Å². The third-order valence-electron chi connectivity index (χ3n) is 14.8. The Morgan fingerprint density at radius 2 is 0.867 bits per heavy atom. The molecule has 0 unspecified atom stereocenters. The second kappa shape index (κ2) is 46.6. The first-order valence-electron chi connectivity index (χ1n) is 36.1. The van der Waals surface area contributed by atoms with Crippen LogP contribution in [0.15, 0.2) is 33.7 Å². The van der Waals surface area contributed by atoms with Crippen molar-refractivity contribution in [3.63, 3.8) is 0 Å². The Hall–Kier alpha value is -10.3. The van der Waals surface area contributed by atoms with Gasteiger partial charge < -0.3 is 111 Å². The number of esters is 2. The molecule has 4 rings (SSSR count). The lowest BCUT2D eigenvalue weighted by Gasteiger charge is -2.40. The third-order valence-corrected chi connectivity index (χ3v) is 14.8. The maximum Gasteiger partial charge on any atom is 0.508 e. The van der Waals surface area contributed by atoms with Crippen molar-refractivity contribution in [1.82, 2.24) is 47.4 Å². The van der Waals surface area contributed by atoms with Gasteiger partial charge in [-0.25, -0.2) is 48.3 Å². The second-order valence-corrected chi connectivity index (χ2v) is 29.0. The molecule has 9 amide bonds. The Morgan fingerprint density at radius 1 is 0.504 bits per heavy atom. The first-order chi connectivity index (χ1) is 53.1. The van der Waals surface area contributed by atoms with E-state index in [-0.39, 0.29) is 105 Å². The minimum atomic E-state index is -1.54. The van der Waals surface area contributed by atoms with E-state index >= 15 is 0 Å². The topological polar surface area (TPSA) is 512 Å². The molecule has 42 heteroatoms. The number of hydrogen-bond acceptors (Lipinski definition) is 33. The quantitative estimate of drug-likeness (QED) is 0.0109. The summed E-state index contributed by atoms with van der Waals surface area (Å²) >= 11 is 0. The van der Waals surface area contributed by atoms with Crippen molar-refractivity contribution in [2.24, 2.45) is 9.98 Å². The highest BCUT2D eigenvalue weighted by atomic mass is 16.8. The fourth-order valence-electron chi connectivity index (χ4n) is 10.5. The van der Waals surface area contributed by atoms with Gasteiger partial charge in [-0.15, -0.1) is 6.42 Å². The third kappa shape index (κ3) is 37.7. The normalized spacial score (nSPS) is 19.7. The van der Waals surface area contributed by atoms with Crippen LogP contribution >= 0.6 is 0 Å². The fraction of sp³-hybridized carbons (Fsp3) is 0.704. The molecule has 4 aliphatic heterocycles. The fourth-order valence-corrected chi connectivity index (χ4v) is 10.5. The summed E-state index contributed by atoms with van der Waals surface area (Å²) in [5, 5.41) is 20.2. The van der Waals surface area contributed by atoms with Gasteiger partial charge in [0.25, 0.3) is 0 Å². The van der Waals surface area contributed by atoms with Gasteiger partial charge in [0, 0.05) is 52.9 Å². The second-order valence-electron chi connectivity index (χ2n) is 29.0. The molecule has 0 bridgehead atoms. The van der Waals surface area contributed by atoms with Gasteiger partial charge in [0.05, 0.1) is 104 Å². The molecule has 0 spiro atoms. The highest BCUT2D eigenvalue weighted by Crippen LogP contribution is 2.32. The van der Waals surface area contributed by atoms with Crippen LogP contribution in [0.3, 0.4) is 0 Å². The van der Waals surface area contributed by atoms with Crippen LogP contribution in [0.2, 0.25) is 0 Å². The van der Waals surface area contributed by atoms with Gasteiger partial charge in [-0.3, -0.25) is 45.2 Å². The molecule has 42 nitrogen and oxygen atoms in total. The van der Waals surface area contributed by atoms with Gasteiger partial charge in [0.15, 0.2) is 24.4 Å². The number of nitrogens with one attached hydrogen (secondary N) is 8. The monoisotopic (exact) mass is 1610 g/mol. The van der Waals surface area contributed by atoms with Crippen LogP contribution in [0.1, 0.15) is 123 Å². The van der Waals surface area contributed by atoms with Crippen LogP contribution in [-0.4, -0.2) is 298 Å². The zero-order valence-electron chi connectivity index (χ0n) is 66.6. The summed E-state index contributed by atoms with van der Waals surface area (Å²) in [6, 6.07) is -5.64. The van der Waals surface area contributed by atoms with E-state index < -0.39 is 198 Å². The molecular weight excluding hydrogens is 1500 g/mol. The molecule has 4 aliphatic rings. The molecule has 0 aromatic carbocycles. The zero-order valence-corrected chi connectivity index (χ0v) is 66.6. The van der Waals surface area contributed by atoms with Crippen molar-refractivity contribution in [1.29, 1.82) is 0 Å². The smallest absolute Gasteiger partial charge is 0.478 e. The number of ether oxygens (including phenoxy) is 18. The first-order valence-corrected chi connectivity index (χ1v) is 36.1. The highest BCUT2D eigenvalue weighted by molar-refractivity contribution is 6.02. The lowest BCUT2D eigenvalue weighted by atomic mass is 9.92. The first kappa shape index (κ1) is 95.0. The number of hydrogen-bond donors (Lipinski definition) is 8. The molecule has 2 saturated heterocycles. The van der Waals surface area contributed by atoms with Gasteiger partial charge in [0.2, 0.25) is 53.0 Å². The van der Waals surface area contributed by atoms with Gasteiger partial charge >= 0.3 is 48.6 Å². The lowest BCUT2D eigenvalue weighted by molar-refractivity contribution is -0.152. The summed E-state index contributed by atoms with van der Waals surface area (Å²) in [5.74, 6) is -4.81. The van der Waals surface area contributed by atoms with E-state index in [1.54, 1.807) is 83.1 Å². The summed E-state index contributed by atoms with van der Waals surface area (Å²) in [5.41, 5.74) is -4.15. The number of terminal acetylenes is 1. The molecule has 2 fully saturated rings. The molecule has 0 aromatic rings. The Morgan fingerprint density at radius 3 is 1.20 bits per heavy atom. The van der Waals surface area contributed by atoms with Crippen LogP contribution in [0, 0.1) is 12.3 Å². The number of carbonyl (C=O) groups is 13. The SMILES string of the molecule is C#CCOCCOCCOCCOCCC(=O)N(CCCC(=O)NCCO[C@@H]([C@@H]1OC(C(=O)OC)=C[C@H](N=C(NC(=O)OC(C)(C)C)NC(=O)OC(C)(C)C)[C@H]1NC(C)=O)[C@H]1COC(=O)O1)CCC(=O)NCCO[C@@H]([C@@H]1OC(C(=O)OC)=C[C@H](N=C(NC(=O)OC(C)(C)C)NC(=O)OC(C)(C)C)[C@H]1NC(C)=O)[C@H]1COC(=O)O1. The summed E-state index contributed by atoms with van der Waals surface area (Å²) in [4.78, 5) is 182. The van der Waals surface area contributed by atoms with Gasteiger partial charge in [-0.05, 0) is 102 Å². The van der Waals surface area contributed by atoms with Crippen LogP contribution in [0.25, 0.3) is 0 Å². The van der Waals surface area contributed by atoms with Crippen molar-refractivity contribution in [2.45, 2.75) is 206 Å². The maximum atomic E-state index is 13.9. The van der Waals surface area contributed by atoms with E-state index in [9.17, 15) is 62.3 Å². The molecule has 634 valence electrons. The predicted molar refractivity (Wildman–Crippen MR) is 390 cm³/mol. The number of rotatable bonds is 38. The Balaban J connectivity index is 1.54. The highest BCUT2D eigenvalue weighted by Gasteiger charge is 2.51. The molecule has 4 heterocycles. The predicted octanol–water partition coefficient (Wildman–Crippen LogP) is 1.62. The molecule has 113 heavy (non-hydrogen) atoms. The number of amides is 9. The van der Waals surface area contributed by atoms with E-state index in [0.29, 0.717) is 13.2 Å². The van der Waals surface area contributed by atoms with E-state index in [2.05, 4.69) is 58.4 Å². The largest absolute Gasteiger partial charge is 0.508 e. The van der Waals surface area contributed by atoms with Crippen molar-refractivity contribution in [3.05, 3.63) is 23.7 Å². The number of aliphatic imine (C=N–C) groups is 2. The van der Waals surface area contributed by atoms with Crippen LogP contribution < -0.4 is 42.5 Å². The summed E-state index contributed by atoms with van der Waals surface area (Å²) < 4.78 is 99.3. The number of cyclic esters (lactones) is 4. The van der Waals surface area contributed by atoms with E-state index in [4.69, 9.17) is 91.7 Å². The van der Waals surface area contributed by atoms with Crippen LogP contribution in [0.5, 0.6) is 0 Å². The van der Waals surface area contributed by atoms with Crippen molar-refractivity contribution in [3.8, 4) is 12.3 Å². The zero-order chi connectivity index (χ0) is 84.2. The summed E-state index contributed by atoms with van der Waals surface area (Å²) in [6.07, 6.45) is -8.27. The maximum absolute atomic E-state index is 13.9. The number of methoxy groups -OCH3 is 2. The Bertz CT molecular complexity index is 3360. The van der Waals surface area contributed by atoms with E-state index in [0.717, 1.165) is 40.2 Å². The van der Waals surface area contributed by atoms with Crippen LogP contribution in [0.4, 0.5) is 28.8 Å². The van der Waals surface area contributed by atoms with Gasteiger partial charge in [-0.1, -0.05) is 5.92 Å². The van der Waals surface area contributed by atoms with Gasteiger partial charge in [-0.2, -0.15) is 0 Å². The van der Waals surface area contributed by atoms with E-state index in [1.807, 2.05) is 0 Å². The molecule has 0 aliphatic carbocycles. The molecule has 0 saturated carbocycles. The molecule has 8 N–H and O–H groups in total. The number of alkyl carbamates (subject to hydrolysis) is 4. The average Bonchev–Trinajstić information content (AvgIpc) is 1.69. The van der Waals surface area contributed by atoms with Gasteiger partial charge in [0.1, 0.15) is 54.4 Å². The lowest BCUT2D eigenvalue weighted by Crippen LogP contribution is -2.61. The minimum Gasteiger partial charge on any atom is -0.478 e. The summed E-state index contributed by atoms with van der Waals surface area (Å²) in [7, 11) is 2.10. The molecular formula is C71H109N11O31. The molecule has 10 atom stereocenters.